The number of fused-ring (bicyclic) bond motifs is 1. The van der Waals surface area contributed by atoms with Crippen molar-refractivity contribution >= 4 is 17.0 Å². The molecule has 5 heteroatoms. The van der Waals surface area contributed by atoms with Crippen LogP contribution < -0.4 is 4.90 Å². The van der Waals surface area contributed by atoms with Gasteiger partial charge in [0.1, 0.15) is 11.6 Å². The van der Waals surface area contributed by atoms with E-state index in [1.165, 1.54) is 0 Å². The highest BCUT2D eigenvalue weighted by Gasteiger charge is 2.07. The molecule has 2 aromatic rings. The molecule has 5 nitrogen and oxygen atoms in total. The van der Waals surface area contributed by atoms with Crippen LogP contribution in [0.15, 0.2) is 12.1 Å². The van der Waals surface area contributed by atoms with Gasteiger partial charge >= 0.3 is 0 Å². The fourth-order valence-electron chi connectivity index (χ4n) is 1.65. The first-order valence-corrected chi connectivity index (χ1v) is 5.77. The zero-order valence-electron chi connectivity index (χ0n) is 10.4. The largest absolute Gasteiger partial charge is 0.393 e. The molecule has 1 unspecified atom stereocenters. The van der Waals surface area contributed by atoms with Crippen LogP contribution in [-0.4, -0.2) is 40.3 Å². The van der Waals surface area contributed by atoms with Gasteiger partial charge in [0.15, 0.2) is 5.65 Å². The molecule has 0 fully saturated rings. The molecular weight excluding hydrogens is 216 g/mol. The molecule has 1 atom stereocenters. The highest BCUT2D eigenvalue weighted by atomic mass is 16.3. The molecular formula is C12H18N4O. The Hall–Kier alpha value is -1.62. The Morgan fingerprint density at radius 3 is 2.76 bits per heavy atom. The third-order valence-corrected chi connectivity index (χ3v) is 2.64. The summed E-state index contributed by atoms with van der Waals surface area (Å²) in [6.07, 6.45) is 1.15. The first kappa shape index (κ1) is 11.9. The maximum absolute atomic E-state index is 9.24. The third-order valence-electron chi connectivity index (χ3n) is 2.64. The number of imidazole rings is 1. The van der Waals surface area contributed by atoms with Crippen LogP contribution in [0.4, 0.5) is 5.82 Å². The molecule has 2 aromatic heterocycles. The van der Waals surface area contributed by atoms with E-state index in [1.54, 1.807) is 6.92 Å². The Bertz CT molecular complexity index is 504. The quantitative estimate of drug-likeness (QED) is 0.837. The van der Waals surface area contributed by atoms with Gasteiger partial charge in [-0.25, -0.2) is 9.97 Å². The first-order chi connectivity index (χ1) is 8.06. The summed E-state index contributed by atoms with van der Waals surface area (Å²) in [4.78, 5) is 14.0. The van der Waals surface area contributed by atoms with E-state index in [2.05, 4.69) is 15.0 Å². The van der Waals surface area contributed by atoms with Crippen molar-refractivity contribution in [2.45, 2.75) is 25.9 Å². The van der Waals surface area contributed by atoms with Gasteiger partial charge in [-0.3, -0.25) is 0 Å². The van der Waals surface area contributed by atoms with E-state index in [9.17, 15) is 5.11 Å². The van der Waals surface area contributed by atoms with Crippen molar-refractivity contribution in [1.29, 1.82) is 0 Å². The predicted molar refractivity (Wildman–Crippen MR) is 68.2 cm³/mol. The average Bonchev–Trinajstić information content (AvgIpc) is 2.67. The highest BCUT2D eigenvalue weighted by molar-refractivity contribution is 5.73. The molecule has 0 aromatic carbocycles. The monoisotopic (exact) mass is 234 g/mol. The standard InChI is InChI=1S/C12H18N4O/c1-8(17)4-6-10-13-9-5-7-11(16(2)3)15-12(9)14-10/h5,7-8,17H,4,6H2,1-3H3,(H,13,14,15). The lowest BCUT2D eigenvalue weighted by Gasteiger charge is -2.09. The van der Waals surface area contributed by atoms with Crippen molar-refractivity contribution in [3.63, 3.8) is 0 Å². The Balaban J connectivity index is 2.24. The molecule has 0 saturated carbocycles. The van der Waals surface area contributed by atoms with Crippen molar-refractivity contribution in [1.82, 2.24) is 15.0 Å². The third kappa shape index (κ3) is 2.74. The molecule has 0 amide bonds. The van der Waals surface area contributed by atoms with E-state index < -0.39 is 0 Å². The molecule has 0 spiro atoms. The van der Waals surface area contributed by atoms with Crippen LogP contribution in [0.1, 0.15) is 19.2 Å². The fourth-order valence-corrected chi connectivity index (χ4v) is 1.65. The summed E-state index contributed by atoms with van der Waals surface area (Å²) < 4.78 is 0. The predicted octanol–water partition coefficient (Wildman–Crippen LogP) is 1.34. The number of hydrogen-bond acceptors (Lipinski definition) is 4. The van der Waals surface area contributed by atoms with Crippen LogP contribution >= 0.6 is 0 Å². The maximum atomic E-state index is 9.24. The number of hydrogen-bond donors (Lipinski definition) is 2. The van der Waals surface area contributed by atoms with Crippen molar-refractivity contribution in [2.75, 3.05) is 19.0 Å². The van der Waals surface area contributed by atoms with E-state index >= 15 is 0 Å². The Morgan fingerprint density at radius 1 is 1.35 bits per heavy atom. The summed E-state index contributed by atoms with van der Waals surface area (Å²) in [6.45, 7) is 1.78. The topological polar surface area (TPSA) is 65.0 Å². The van der Waals surface area contributed by atoms with Crippen LogP contribution in [0.25, 0.3) is 11.2 Å². The number of aryl methyl sites for hydroxylation is 1. The molecule has 2 rings (SSSR count). The number of aromatic amines is 1. The van der Waals surface area contributed by atoms with E-state index in [1.807, 2.05) is 31.1 Å². The zero-order chi connectivity index (χ0) is 12.4. The first-order valence-electron chi connectivity index (χ1n) is 5.77. The van der Waals surface area contributed by atoms with Gasteiger partial charge in [0.25, 0.3) is 0 Å². The summed E-state index contributed by atoms with van der Waals surface area (Å²) >= 11 is 0. The van der Waals surface area contributed by atoms with E-state index in [0.717, 1.165) is 29.2 Å². The zero-order valence-corrected chi connectivity index (χ0v) is 10.4. The molecule has 2 heterocycles. The number of aliphatic hydroxyl groups excluding tert-OH is 1. The fraction of sp³-hybridized carbons (Fsp3) is 0.500. The lowest BCUT2D eigenvalue weighted by Crippen LogP contribution is -2.10. The van der Waals surface area contributed by atoms with E-state index in [-0.39, 0.29) is 6.10 Å². The summed E-state index contributed by atoms with van der Waals surface area (Å²) in [5.74, 6) is 1.77. The lowest BCUT2D eigenvalue weighted by atomic mass is 10.2. The van der Waals surface area contributed by atoms with Gasteiger partial charge < -0.3 is 15.0 Å². The van der Waals surface area contributed by atoms with Crippen LogP contribution in [0.3, 0.4) is 0 Å². The lowest BCUT2D eigenvalue weighted by molar-refractivity contribution is 0.184. The Labute approximate surface area is 101 Å². The summed E-state index contributed by atoms with van der Waals surface area (Å²) in [5, 5.41) is 9.24. The summed E-state index contributed by atoms with van der Waals surface area (Å²) in [7, 11) is 3.91. The Morgan fingerprint density at radius 2 is 2.12 bits per heavy atom. The average molecular weight is 234 g/mol. The highest BCUT2D eigenvalue weighted by Crippen LogP contribution is 2.15. The van der Waals surface area contributed by atoms with Gasteiger partial charge in [0.05, 0.1) is 11.6 Å². The van der Waals surface area contributed by atoms with Crippen molar-refractivity contribution < 1.29 is 5.11 Å². The van der Waals surface area contributed by atoms with Gasteiger partial charge in [-0.05, 0) is 25.5 Å². The number of nitrogens with one attached hydrogen (secondary N) is 1. The number of aliphatic hydroxyl groups is 1. The minimum absolute atomic E-state index is 0.298. The number of nitrogens with zero attached hydrogens (tertiary/aromatic N) is 3. The van der Waals surface area contributed by atoms with Gasteiger partial charge in [-0.1, -0.05) is 0 Å². The number of rotatable bonds is 4. The summed E-state index contributed by atoms with van der Waals surface area (Å²) in [5.41, 5.74) is 1.67. The van der Waals surface area contributed by atoms with Crippen molar-refractivity contribution in [2.24, 2.45) is 0 Å². The molecule has 0 bridgehead atoms. The molecule has 0 saturated heterocycles. The van der Waals surface area contributed by atoms with Crippen molar-refractivity contribution in [3.05, 3.63) is 18.0 Å². The van der Waals surface area contributed by atoms with Crippen LogP contribution in [-0.2, 0) is 6.42 Å². The molecule has 0 radical (unpaired) electrons. The van der Waals surface area contributed by atoms with Crippen LogP contribution in [0.5, 0.6) is 0 Å². The molecule has 17 heavy (non-hydrogen) atoms. The second kappa shape index (κ2) is 4.71. The number of aromatic nitrogens is 3. The Kier molecular flexibility index (Phi) is 3.28. The number of anilines is 1. The van der Waals surface area contributed by atoms with Crippen LogP contribution in [0.2, 0.25) is 0 Å². The van der Waals surface area contributed by atoms with Gasteiger partial charge in [0.2, 0.25) is 0 Å². The normalized spacial score (nSPS) is 12.9. The minimum Gasteiger partial charge on any atom is -0.393 e. The maximum Gasteiger partial charge on any atom is 0.179 e. The molecule has 0 aliphatic rings. The number of pyridine rings is 1. The number of H-pyrrole nitrogens is 1. The van der Waals surface area contributed by atoms with Crippen LogP contribution in [0, 0.1) is 0 Å². The smallest absolute Gasteiger partial charge is 0.179 e. The second-order valence-corrected chi connectivity index (χ2v) is 4.51. The van der Waals surface area contributed by atoms with Crippen molar-refractivity contribution in [3.8, 4) is 0 Å². The van der Waals surface area contributed by atoms with E-state index in [4.69, 9.17) is 0 Å². The van der Waals surface area contributed by atoms with Gasteiger partial charge in [-0.15, -0.1) is 0 Å². The molecule has 0 aliphatic carbocycles. The SMILES string of the molecule is CC(O)CCc1nc2nc(N(C)C)ccc2[nH]1. The minimum atomic E-state index is -0.298. The molecule has 0 aliphatic heterocycles. The molecule has 92 valence electrons. The van der Waals surface area contributed by atoms with Gasteiger partial charge in [-0.2, -0.15) is 0 Å². The summed E-state index contributed by atoms with van der Waals surface area (Å²) in [6, 6.07) is 3.94. The molecule has 2 N–H and O–H groups in total. The van der Waals surface area contributed by atoms with Gasteiger partial charge in [0, 0.05) is 20.5 Å². The second-order valence-electron chi connectivity index (χ2n) is 4.51. The van der Waals surface area contributed by atoms with E-state index in [0.29, 0.717) is 6.42 Å².